The number of likely N-dealkylation sites (tertiary alicyclic amines) is 1. The second-order valence-corrected chi connectivity index (χ2v) is 8.96. The molecule has 2 N–H and O–H groups in total. The van der Waals surface area contributed by atoms with Crippen molar-refractivity contribution in [2.24, 2.45) is 5.92 Å². The zero-order chi connectivity index (χ0) is 23.8. The average molecular weight is 450 g/mol. The van der Waals surface area contributed by atoms with Gasteiger partial charge in [-0.1, -0.05) is 55.5 Å². The van der Waals surface area contributed by atoms with Crippen LogP contribution in [0.2, 0.25) is 0 Å². The maximum absolute atomic E-state index is 13.1. The van der Waals surface area contributed by atoms with Gasteiger partial charge in [0.1, 0.15) is 6.04 Å². The Labute approximate surface area is 196 Å². The fraction of sp³-hybridized carbons (Fsp3) is 0.444. The number of rotatable bonds is 8. The summed E-state index contributed by atoms with van der Waals surface area (Å²) in [7, 11) is 0. The third kappa shape index (κ3) is 6.67. The van der Waals surface area contributed by atoms with E-state index >= 15 is 0 Å². The summed E-state index contributed by atoms with van der Waals surface area (Å²) in [5.41, 5.74) is 2.45. The van der Waals surface area contributed by atoms with Gasteiger partial charge in [0.25, 0.3) is 5.91 Å². The highest BCUT2D eigenvalue weighted by Crippen LogP contribution is 2.23. The van der Waals surface area contributed by atoms with E-state index in [-0.39, 0.29) is 29.7 Å². The summed E-state index contributed by atoms with van der Waals surface area (Å²) >= 11 is 0. The molecule has 1 aliphatic heterocycles. The maximum atomic E-state index is 13.1. The van der Waals surface area contributed by atoms with Crippen LogP contribution in [0.25, 0.3) is 0 Å². The lowest BCUT2D eigenvalue weighted by molar-refractivity contribution is -0.132. The Morgan fingerprint density at radius 1 is 0.970 bits per heavy atom. The number of amides is 3. The van der Waals surface area contributed by atoms with Crippen molar-refractivity contribution < 1.29 is 14.4 Å². The van der Waals surface area contributed by atoms with Crippen molar-refractivity contribution in [3.63, 3.8) is 0 Å². The Balaban J connectivity index is 1.66. The van der Waals surface area contributed by atoms with Crippen LogP contribution in [0, 0.1) is 12.8 Å². The molecule has 0 aromatic heterocycles. The molecule has 176 valence electrons. The summed E-state index contributed by atoms with van der Waals surface area (Å²) in [4.78, 5) is 40.7. The molecule has 3 amide bonds. The predicted octanol–water partition coefficient (Wildman–Crippen LogP) is 3.49. The van der Waals surface area contributed by atoms with Gasteiger partial charge in [0.05, 0.1) is 6.42 Å². The smallest absolute Gasteiger partial charge is 0.252 e. The van der Waals surface area contributed by atoms with Crippen LogP contribution in [0.1, 0.15) is 54.6 Å². The van der Waals surface area contributed by atoms with Gasteiger partial charge in [-0.3, -0.25) is 14.4 Å². The van der Waals surface area contributed by atoms with Gasteiger partial charge in [-0.2, -0.15) is 0 Å². The Kier molecular flexibility index (Phi) is 8.64. The predicted molar refractivity (Wildman–Crippen MR) is 130 cm³/mol. The van der Waals surface area contributed by atoms with Crippen LogP contribution >= 0.6 is 0 Å². The molecule has 2 aromatic carbocycles. The van der Waals surface area contributed by atoms with Gasteiger partial charge in [0.2, 0.25) is 11.8 Å². The van der Waals surface area contributed by atoms with E-state index in [0.717, 1.165) is 17.5 Å². The number of nitrogens with one attached hydrogen (secondary N) is 2. The van der Waals surface area contributed by atoms with Gasteiger partial charge in [-0.15, -0.1) is 0 Å². The number of hydrogen-bond acceptors (Lipinski definition) is 3. The zero-order valence-electron chi connectivity index (χ0n) is 19.8. The number of carbonyl (C=O) groups excluding carboxylic acids is 3. The lowest BCUT2D eigenvalue weighted by Crippen LogP contribution is -2.55. The van der Waals surface area contributed by atoms with Crippen LogP contribution < -0.4 is 10.6 Å². The Morgan fingerprint density at radius 2 is 1.61 bits per heavy atom. The van der Waals surface area contributed by atoms with Crippen molar-refractivity contribution in [2.75, 3.05) is 13.1 Å². The summed E-state index contributed by atoms with van der Waals surface area (Å²) in [5, 5.41) is 6.03. The quantitative estimate of drug-likeness (QED) is 0.648. The van der Waals surface area contributed by atoms with Crippen LogP contribution in [0.4, 0.5) is 0 Å². The molecule has 2 atom stereocenters. The third-order valence-electron chi connectivity index (χ3n) is 6.52. The first-order valence-electron chi connectivity index (χ1n) is 11.9. The highest BCUT2D eigenvalue weighted by Gasteiger charge is 2.34. The second kappa shape index (κ2) is 11.6. The number of nitrogens with zero attached hydrogens (tertiary/aromatic N) is 1. The molecule has 0 saturated carbocycles. The van der Waals surface area contributed by atoms with Crippen LogP contribution in [0.5, 0.6) is 0 Å². The molecule has 1 heterocycles. The largest absolute Gasteiger partial charge is 0.352 e. The van der Waals surface area contributed by atoms with Crippen molar-refractivity contribution in [3.05, 3.63) is 71.3 Å². The number of benzene rings is 2. The number of piperidine rings is 1. The monoisotopic (exact) mass is 449 g/mol. The highest BCUT2D eigenvalue weighted by atomic mass is 16.2. The third-order valence-corrected chi connectivity index (χ3v) is 6.52. The number of aryl methyl sites for hydroxylation is 1. The van der Waals surface area contributed by atoms with Gasteiger partial charge in [-0.25, -0.2) is 0 Å². The molecular weight excluding hydrogens is 414 g/mol. The van der Waals surface area contributed by atoms with Crippen molar-refractivity contribution in [1.29, 1.82) is 0 Å². The zero-order valence-corrected chi connectivity index (χ0v) is 19.8. The molecule has 1 aliphatic rings. The topological polar surface area (TPSA) is 78.5 Å². The fourth-order valence-electron chi connectivity index (χ4n) is 4.24. The summed E-state index contributed by atoms with van der Waals surface area (Å²) in [5.74, 6) is -0.313. The molecule has 6 nitrogen and oxygen atoms in total. The fourth-order valence-corrected chi connectivity index (χ4v) is 4.24. The maximum Gasteiger partial charge on any atom is 0.252 e. The van der Waals surface area contributed by atoms with E-state index in [9.17, 15) is 14.4 Å². The van der Waals surface area contributed by atoms with E-state index in [1.807, 2.05) is 74.2 Å². The first kappa shape index (κ1) is 24.5. The van der Waals surface area contributed by atoms with Crippen molar-refractivity contribution >= 4 is 17.7 Å². The van der Waals surface area contributed by atoms with Crippen LogP contribution in [-0.2, 0) is 16.0 Å². The van der Waals surface area contributed by atoms with E-state index in [0.29, 0.717) is 37.9 Å². The molecule has 0 bridgehead atoms. The lowest BCUT2D eigenvalue weighted by atomic mass is 9.88. The minimum atomic E-state index is -0.627. The molecule has 3 rings (SSSR count). The average Bonchev–Trinajstić information content (AvgIpc) is 2.83. The summed E-state index contributed by atoms with van der Waals surface area (Å²) in [6, 6.07) is 16.5. The molecular formula is C27H35N3O3. The highest BCUT2D eigenvalue weighted by molar-refractivity contribution is 5.98. The minimum absolute atomic E-state index is 0.0252. The number of carbonyl (C=O) groups is 3. The molecule has 0 spiro atoms. The van der Waals surface area contributed by atoms with Crippen LogP contribution in [0.3, 0.4) is 0 Å². The normalized spacial score (nSPS) is 16.0. The standard InChI is InChI=1S/C27H35N3O3/c1-4-20(3)28-27(33)25(29-26(32)23-13-9-8-10-19(23)2)22-14-16-30(17-15-22)24(31)18-21-11-6-5-7-12-21/h5-13,20,22,25H,4,14-18H2,1-3H3,(H,28,33)(H,29,32). The minimum Gasteiger partial charge on any atom is -0.352 e. The van der Waals surface area contributed by atoms with Crippen molar-refractivity contribution in [2.45, 2.75) is 58.5 Å². The SMILES string of the molecule is CCC(C)NC(=O)C(NC(=O)c1ccccc1C)C1CCN(C(=O)Cc2ccccc2)CC1. The van der Waals surface area contributed by atoms with E-state index in [1.165, 1.54) is 0 Å². The summed E-state index contributed by atoms with van der Waals surface area (Å²) < 4.78 is 0. The van der Waals surface area contributed by atoms with Gasteiger partial charge >= 0.3 is 0 Å². The summed E-state index contributed by atoms with van der Waals surface area (Å²) in [6.45, 7) is 7.04. The van der Waals surface area contributed by atoms with Crippen LogP contribution in [0.15, 0.2) is 54.6 Å². The van der Waals surface area contributed by atoms with E-state index in [2.05, 4.69) is 10.6 Å². The molecule has 1 fully saturated rings. The van der Waals surface area contributed by atoms with E-state index in [4.69, 9.17) is 0 Å². The van der Waals surface area contributed by atoms with Gasteiger partial charge < -0.3 is 15.5 Å². The summed E-state index contributed by atoms with van der Waals surface area (Å²) in [6.07, 6.45) is 2.55. The molecule has 0 aliphatic carbocycles. The Morgan fingerprint density at radius 3 is 2.24 bits per heavy atom. The van der Waals surface area contributed by atoms with E-state index < -0.39 is 6.04 Å². The second-order valence-electron chi connectivity index (χ2n) is 8.96. The molecule has 2 unspecified atom stereocenters. The number of hydrogen-bond donors (Lipinski definition) is 2. The molecule has 1 saturated heterocycles. The first-order valence-corrected chi connectivity index (χ1v) is 11.9. The van der Waals surface area contributed by atoms with Crippen molar-refractivity contribution in [1.82, 2.24) is 15.5 Å². The van der Waals surface area contributed by atoms with Gasteiger partial charge in [0, 0.05) is 24.7 Å². The van der Waals surface area contributed by atoms with Gasteiger partial charge in [-0.05, 0) is 56.2 Å². The first-order chi connectivity index (χ1) is 15.9. The van der Waals surface area contributed by atoms with Gasteiger partial charge in [0.15, 0.2) is 0 Å². The molecule has 2 aromatic rings. The van der Waals surface area contributed by atoms with Crippen molar-refractivity contribution in [3.8, 4) is 0 Å². The molecule has 0 radical (unpaired) electrons. The Hall–Kier alpha value is -3.15. The van der Waals surface area contributed by atoms with E-state index in [1.54, 1.807) is 6.07 Å². The Bertz CT molecular complexity index is 952. The van der Waals surface area contributed by atoms with Crippen LogP contribution in [-0.4, -0.2) is 47.8 Å². The molecule has 6 heteroatoms. The molecule has 33 heavy (non-hydrogen) atoms. The lowest BCUT2D eigenvalue weighted by Gasteiger charge is -2.36.